The van der Waals surface area contributed by atoms with Crippen molar-refractivity contribution in [1.29, 1.82) is 0 Å². The van der Waals surface area contributed by atoms with Gasteiger partial charge in [0.05, 0.1) is 11.1 Å². The Labute approximate surface area is 126 Å². The Hall–Kier alpha value is -1.42. The molecule has 0 atom stereocenters. The van der Waals surface area contributed by atoms with Crippen LogP contribution in [0.25, 0.3) is 10.9 Å². The highest BCUT2D eigenvalue weighted by Crippen LogP contribution is 2.38. The standard InChI is InChI=1S/C16H16BrNO2/c1-16(2)7-6-12-10(8-16)13(15(19)20)9-4-3-5-11(17)14(9)18-12/h3-5H,6-8H2,1-2H3,(H,19,20). The highest BCUT2D eigenvalue weighted by atomic mass is 79.9. The minimum Gasteiger partial charge on any atom is -0.478 e. The minimum atomic E-state index is -0.857. The molecule has 4 heteroatoms. The normalized spacial score (nSPS) is 16.9. The van der Waals surface area contributed by atoms with E-state index in [0.717, 1.165) is 45.9 Å². The Bertz CT molecular complexity index is 722. The summed E-state index contributed by atoms with van der Waals surface area (Å²) in [6, 6.07) is 5.61. The average Bonchev–Trinajstić information content (AvgIpc) is 2.35. The van der Waals surface area contributed by atoms with Crippen molar-refractivity contribution in [2.45, 2.75) is 33.1 Å². The quantitative estimate of drug-likeness (QED) is 0.850. The Morgan fingerprint density at radius 2 is 2.15 bits per heavy atom. The monoisotopic (exact) mass is 333 g/mol. The first kappa shape index (κ1) is 13.6. The van der Waals surface area contributed by atoms with Gasteiger partial charge < -0.3 is 5.11 Å². The number of fused-ring (bicyclic) bond motifs is 2. The summed E-state index contributed by atoms with van der Waals surface area (Å²) in [5, 5.41) is 10.4. The second-order valence-corrected chi connectivity index (χ2v) is 7.05. The van der Waals surface area contributed by atoms with E-state index in [4.69, 9.17) is 4.98 Å². The highest BCUT2D eigenvalue weighted by Gasteiger charge is 2.31. The van der Waals surface area contributed by atoms with Crippen LogP contribution in [0, 0.1) is 5.41 Å². The fourth-order valence-electron chi connectivity index (χ4n) is 3.01. The fraction of sp³-hybridized carbons (Fsp3) is 0.375. The maximum Gasteiger partial charge on any atom is 0.336 e. The molecule has 1 aliphatic carbocycles. The Morgan fingerprint density at radius 3 is 2.85 bits per heavy atom. The summed E-state index contributed by atoms with van der Waals surface area (Å²) in [4.78, 5) is 16.5. The number of benzene rings is 1. The van der Waals surface area contributed by atoms with Crippen LogP contribution in [0.5, 0.6) is 0 Å². The number of pyridine rings is 1. The van der Waals surface area contributed by atoms with Crippen LogP contribution in [-0.4, -0.2) is 16.1 Å². The van der Waals surface area contributed by atoms with Crippen molar-refractivity contribution in [1.82, 2.24) is 4.98 Å². The van der Waals surface area contributed by atoms with Gasteiger partial charge in [0, 0.05) is 15.6 Å². The van der Waals surface area contributed by atoms with Crippen LogP contribution in [0.15, 0.2) is 22.7 Å². The molecular formula is C16H16BrNO2. The van der Waals surface area contributed by atoms with E-state index >= 15 is 0 Å². The number of hydrogen-bond acceptors (Lipinski definition) is 2. The molecule has 1 heterocycles. The van der Waals surface area contributed by atoms with Crippen LogP contribution in [0.2, 0.25) is 0 Å². The molecule has 20 heavy (non-hydrogen) atoms. The SMILES string of the molecule is CC1(C)CCc2nc3c(Br)cccc3c(C(=O)O)c2C1. The maximum atomic E-state index is 11.8. The summed E-state index contributed by atoms with van der Waals surface area (Å²) in [6.07, 6.45) is 2.67. The first-order valence-corrected chi connectivity index (χ1v) is 7.52. The molecule has 1 aliphatic rings. The van der Waals surface area contributed by atoms with E-state index in [1.807, 2.05) is 18.2 Å². The third-order valence-corrected chi connectivity index (χ3v) is 4.70. The molecule has 0 saturated carbocycles. The molecule has 1 N–H and O–H groups in total. The number of carbonyl (C=O) groups is 1. The number of para-hydroxylation sites is 1. The Balaban J connectivity index is 2.38. The van der Waals surface area contributed by atoms with E-state index in [1.54, 1.807) is 0 Å². The number of aromatic nitrogens is 1. The van der Waals surface area contributed by atoms with Gasteiger partial charge in [0.15, 0.2) is 0 Å². The zero-order valence-electron chi connectivity index (χ0n) is 11.5. The van der Waals surface area contributed by atoms with Gasteiger partial charge in [0.25, 0.3) is 0 Å². The van der Waals surface area contributed by atoms with Gasteiger partial charge >= 0.3 is 5.97 Å². The molecule has 3 nitrogen and oxygen atoms in total. The minimum absolute atomic E-state index is 0.137. The number of aryl methyl sites for hydroxylation is 1. The van der Waals surface area contributed by atoms with Crippen LogP contribution in [-0.2, 0) is 12.8 Å². The molecule has 0 radical (unpaired) electrons. The molecule has 0 spiro atoms. The first-order chi connectivity index (χ1) is 9.39. The number of rotatable bonds is 1. The number of halogens is 1. The van der Waals surface area contributed by atoms with E-state index in [-0.39, 0.29) is 5.41 Å². The van der Waals surface area contributed by atoms with Gasteiger partial charge in [-0.3, -0.25) is 4.98 Å². The average molecular weight is 334 g/mol. The predicted molar refractivity (Wildman–Crippen MR) is 82.2 cm³/mol. The van der Waals surface area contributed by atoms with Crippen molar-refractivity contribution >= 4 is 32.8 Å². The van der Waals surface area contributed by atoms with E-state index in [0.29, 0.717) is 5.56 Å². The van der Waals surface area contributed by atoms with Crippen molar-refractivity contribution < 1.29 is 9.90 Å². The lowest BCUT2D eigenvalue weighted by molar-refractivity contribution is 0.0696. The maximum absolute atomic E-state index is 11.8. The van der Waals surface area contributed by atoms with Crippen LogP contribution in [0.3, 0.4) is 0 Å². The Kier molecular flexibility index (Phi) is 3.09. The topological polar surface area (TPSA) is 50.2 Å². The zero-order valence-corrected chi connectivity index (χ0v) is 13.1. The summed E-state index contributed by atoms with van der Waals surface area (Å²) >= 11 is 3.47. The summed E-state index contributed by atoms with van der Waals surface area (Å²) in [5.74, 6) is -0.857. The van der Waals surface area contributed by atoms with E-state index in [2.05, 4.69) is 29.8 Å². The summed E-state index contributed by atoms with van der Waals surface area (Å²) in [7, 11) is 0. The van der Waals surface area contributed by atoms with Gasteiger partial charge in [0.1, 0.15) is 0 Å². The predicted octanol–water partition coefficient (Wildman–Crippen LogP) is 4.21. The van der Waals surface area contributed by atoms with Crippen molar-refractivity contribution in [2.24, 2.45) is 5.41 Å². The molecule has 0 bridgehead atoms. The lowest BCUT2D eigenvalue weighted by atomic mass is 9.74. The van der Waals surface area contributed by atoms with Crippen molar-refractivity contribution in [2.75, 3.05) is 0 Å². The molecule has 2 aromatic rings. The number of aromatic carboxylic acids is 1. The molecule has 3 rings (SSSR count). The second-order valence-electron chi connectivity index (χ2n) is 6.19. The van der Waals surface area contributed by atoms with Crippen LogP contribution >= 0.6 is 15.9 Å². The zero-order chi connectivity index (χ0) is 14.5. The van der Waals surface area contributed by atoms with Crippen molar-refractivity contribution in [3.63, 3.8) is 0 Å². The molecule has 1 aromatic carbocycles. The third kappa shape index (κ3) is 2.12. The summed E-state index contributed by atoms with van der Waals surface area (Å²) in [6.45, 7) is 4.37. The number of carboxylic acids is 1. The van der Waals surface area contributed by atoms with E-state index in [9.17, 15) is 9.90 Å². The summed E-state index contributed by atoms with van der Waals surface area (Å²) < 4.78 is 0.852. The number of carboxylic acid groups (broad SMARTS) is 1. The molecule has 0 aliphatic heterocycles. The second kappa shape index (κ2) is 4.55. The van der Waals surface area contributed by atoms with Crippen LogP contribution in [0.4, 0.5) is 0 Å². The van der Waals surface area contributed by atoms with Crippen molar-refractivity contribution in [3.8, 4) is 0 Å². The first-order valence-electron chi connectivity index (χ1n) is 6.72. The smallest absolute Gasteiger partial charge is 0.336 e. The van der Waals surface area contributed by atoms with Crippen molar-refractivity contribution in [3.05, 3.63) is 39.5 Å². The van der Waals surface area contributed by atoms with Gasteiger partial charge in [-0.15, -0.1) is 0 Å². The molecule has 0 saturated heterocycles. The molecule has 104 valence electrons. The van der Waals surface area contributed by atoms with Gasteiger partial charge in [-0.05, 0) is 52.2 Å². The Morgan fingerprint density at radius 1 is 1.40 bits per heavy atom. The van der Waals surface area contributed by atoms with Gasteiger partial charge in [-0.2, -0.15) is 0 Å². The fourth-order valence-corrected chi connectivity index (χ4v) is 3.46. The van der Waals surface area contributed by atoms with Crippen LogP contribution in [0.1, 0.15) is 41.9 Å². The number of hydrogen-bond donors (Lipinski definition) is 1. The molecule has 0 unspecified atom stereocenters. The van der Waals surface area contributed by atoms with Gasteiger partial charge in [-0.25, -0.2) is 4.79 Å². The third-order valence-electron chi connectivity index (χ3n) is 4.06. The highest BCUT2D eigenvalue weighted by molar-refractivity contribution is 9.10. The lowest BCUT2D eigenvalue weighted by Crippen LogP contribution is -2.25. The van der Waals surface area contributed by atoms with Crippen LogP contribution < -0.4 is 0 Å². The largest absolute Gasteiger partial charge is 0.478 e. The van der Waals surface area contributed by atoms with E-state index in [1.165, 1.54) is 0 Å². The van der Waals surface area contributed by atoms with E-state index < -0.39 is 5.97 Å². The molecule has 0 amide bonds. The molecule has 0 fully saturated rings. The molecular weight excluding hydrogens is 318 g/mol. The summed E-state index contributed by atoms with van der Waals surface area (Å²) in [5.41, 5.74) is 3.18. The lowest BCUT2D eigenvalue weighted by Gasteiger charge is -2.32. The van der Waals surface area contributed by atoms with Gasteiger partial charge in [-0.1, -0.05) is 26.0 Å². The molecule has 1 aromatic heterocycles. The number of nitrogens with zero attached hydrogens (tertiary/aromatic N) is 1. The van der Waals surface area contributed by atoms with Gasteiger partial charge in [0.2, 0.25) is 0 Å².